The zero-order chi connectivity index (χ0) is 11.9. The Morgan fingerprint density at radius 1 is 1.67 bits per heavy atom. The molecule has 1 amide bonds. The minimum absolute atomic E-state index is 0.0130. The van der Waals surface area contributed by atoms with E-state index in [1.54, 1.807) is 19.9 Å². The van der Waals surface area contributed by atoms with Crippen LogP contribution in [0.15, 0.2) is 0 Å². The normalized spacial score (nSPS) is 29.9. The maximum absolute atomic E-state index is 11.6. The summed E-state index contributed by atoms with van der Waals surface area (Å²) in [4.78, 5) is 11.0. The van der Waals surface area contributed by atoms with Crippen LogP contribution in [-0.4, -0.2) is 25.6 Å². The summed E-state index contributed by atoms with van der Waals surface area (Å²) >= 11 is 0. The fourth-order valence-electron chi connectivity index (χ4n) is 1.45. The number of nitriles is 1. The lowest BCUT2D eigenvalue weighted by Gasteiger charge is -2.10. The number of amides is 1. The molecule has 0 saturated heterocycles. The van der Waals surface area contributed by atoms with Crippen molar-refractivity contribution in [2.45, 2.75) is 31.6 Å². The van der Waals surface area contributed by atoms with Gasteiger partial charge in [0.05, 0.1) is 6.07 Å². The smallest absolute Gasteiger partial charge is 0.239 e. The van der Waals surface area contributed by atoms with E-state index in [2.05, 4.69) is 4.72 Å². The Bertz CT molecular complexity index is 423. The lowest BCUT2D eigenvalue weighted by atomic mass is 10.1. The van der Waals surface area contributed by atoms with Gasteiger partial charge in [0.15, 0.2) is 5.41 Å². The van der Waals surface area contributed by atoms with Crippen LogP contribution in [0.25, 0.3) is 0 Å². The number of nitrogens with two attached hydrogens (primary N) is 1. The molecule has 0 aliphatic heterocycles. The van der Waals surface area contributed by atoms with Crippen LogP contribution in [0.3, 0.4) is 0 Å². The van der Waals surface area contributed by atoms with Gasteiger partial charge in [-0.3, -0.25) is 4.79 Å². The summed E-state index contributed by atoms with van der Waals surface area (Å²) in [5, 5.41) is 7.75. The molecule has 84 valence electrons. The van der Waals surface area contributed by atoms with Crippen molar-refractivity contribution >= 4 is 15.9 Å². The molecule has 1 fully saturated rings. The maximum atomic E-state index is 11.6. The van der Waals surface area contributed by atoms with Gasteiger partial charge in [-0.25, -0.2) is 13.1 Å². The molecule has 0 aromatic rings. The number of hydrogen-bond donors (Lipinski definition) is 2. The number of nitrogens with zero attached hydrogens (tertiary/aromatic N) is 1. The molecular weight excluding hydrogens is 218 g/mol. The molecule has 7 heteroatoms. The Hall–Kier alpha value is -1.13. The summed E-state index contributed by atoms with van der Waals surface area (Å²) in [6.45, 7) is 3.33. The molecule has 1 saturated carbocycles. The van der Waals surface area contributed by atoms with Crippen molar-refractivity contribution in [2.75, 3.05) is 0 Å². The molecule has 0 unspecified atom stereocenters. The van der Waals surface area contributed by atoms with Crippen LogP contribution in [-0.2, 0) is 14.8 Å². The predicted octanol–water partition coefficient (Wildman–Crippen LogP) is -0.918. The lowest BCUT2D eigenvalue weighted by molar-refractivity contribution is -0.121. The minimum atomic E-state index is -3.62. The molecule has 3 N–H and O–H groups in total. The average molecular weight is 231 g/mol. The van der Waals surface area contributed by atoms with Gasteiger partial charge < -0.3 is 5.73 Å². The van der Waals surface area contributed by atoms with Crippen molar-refractivity contribution in [3.8, 4) is 6.07 Å². The van der Waals surface area contributed by atoms with Crippen molar-refractivity contribution in [2.24, 2.45) is 11.1 Å². The first kappa shape index (κ1) is 11.9. The second kappa shape index (κ2) is 3.47. The van der Waals surface area contributed by atoms with Gasteiger partial charge in [0.2, 0.25) is 15.9 Å². The van der Waals surface area contributed by atoms with Crippen molar-refractivity contribution < 1.29 is 13.2 Å². The number of nitrogens with one attached hydrogen (secondary N) is 1. The summed E-state index contributed by atoms with van der Waals surface area (Å²) in [6.07, 6.45) is -0.0130. The molecule has 6 nitrogen and oxygen atoms in total. The largest absolute Gasteiger partial charge is 0.368 e. The standard InChI is InChI=1S/C8H13N3O3S/c1-5(2)11-15(13,14)6-3-8(6,4-9)7(10)12/h5-6,11H,3H2,1-2H3,(H2,10,12)/t6-,8+/m1/s1. The third kappa shape index (κ3) is 1.96. The van der Waals surface area contributed by atoms with Gasteiger partial charge in [-0.2, -0.15) is 5.26 Å². The average Bonchev–Trinajstić information content (AvgIpc) is 2.77. The van der Waals surface area contributed by atoms with Crippen molar-refractivity contribution in [3.05, 3.63) is 0 Å². The van der Waals surface area contributed by atoms with E-state index in [0.29, 0.717) is 0 Å². The fourth-order valence-corrected chi connectivity index (χ4v) is 3.45. The molecule has 0 heterocycles. The van der Waals surface area contributed by atoms with E-state index >= 15 is 0 Å². The van der Waals surface area contributed by atoms with E-state index in [-0.39, 0.29) is 12.5 Å². The fraction of sp³-hybridized carbons (Fsp3) is 0.750. The molecule has 0 spiro atoms. The monoisotopic (exact) mass is 231 g/mol. The van der Waals surface area contributed by atoms with Gasteiger partial charge in [0.1, 0.15) is 5.25 Å². The summed E-state index contributed by atoms with van der Waals surface area (Å²) in [5.41, 5.74) is 3.48. The molecule has 0 aromatic carbocycles. The zero-order valence-electron chi connectivity index (χ0n) is 8.52. The predicted molar refractivity (Wildman–Crippen MR) is 52.8 cm³/mol. The van der Waals surface area contributed by atoms with Gasteiger partial charge in [-0.15, -0.1) is 0 Å². The Morgan fingerprint density at radius 3 is 2.47 bits per heavy atom. The first-order valence-electron chi connectivity index (χ1n) is 4.48. The van der Waals surface area contributed by atoms with Gasteiger partial charge in [-0.05, 0) is 20.3 Å². The summed E-state index contributed by atoms with van der Waals surface area (Å²) in [7, 11) is -3.62. The highest BCUT2D eigenvalue weighted by molar-refractivity contribution is 7.90. The maximum Gasteiger partial charge on any atom is 0.239 e. The molecule has 1 aliphatic rings. The van der Waals surface area contributed by atoms with Gasteiger partial charge >= 0.3 is 0 Å². The first-order valence-corrected chi connectivity index (χ1v) is 6.03. The Kier molecular flexibility index (Phi) is 2.76. The molecule has 0 radical (unpaired) electrons. The first-order chi connectivity index (χ1) is 6.76. The summed E-state index contributed by atoms with van der Waals surface area (Å²) in [6, 6.07) is 1.42. The molecular formula is C8H13N3O3S. The number of hydrogen-bond acceptors (Lipinski definition) is 4. The Labute approximate surface area is 88.5 Å². The second-order valence-corrected chi connectivity index (χ2v) is 5.85. The van der Waals surface area contributed by atoms with E-state index in [4.69, 9.17) is 11.0 Å². The third-order valence-corrected chi connectivity index (χ3v) is 4.43. The van der Waals surface area contributed by atoms with Crippen LogP contribution >= 0.6 is 0 Å². The van der Waals surface area contributed by atoms with Crippen LogP contribution in [0.1, 0.15) is 20.3 Å². The van der Waals surface area contributed by atoms with Crippen LogP contribution in [0, 0.1) is 16.7 Å². The van der Waals surface area contributed by atoms with E-state index in [1.165, 1.54) is 0 Å². The van der Waals surface area contributed by atoms with Gasteiger partial charge in [0.25, 0.3) is 0 Å². The van der Waals surface area contributed by atoms with Crippen molar-refractivity contribution in [1.29, 1.82) is 5.26 Å². The van der Waals surface area contributed by atoms with Crippen LogP contribution < -0.4 is 10.5 Å². The molecule has 2 atom stereocenters. The number of carbonyl (C=O) groups excluding carboxylic acids is 1. The van der Waals surface area contributed by atoms with Crippen molar-refractivity contribution in [3.63, 3.8) is 0 Å². The highest BCUT2D eigenvalue weighted by atomic mass is 32.2. The molecule has 1 aliphatic carbocycles. The number of primary amides is 1. The highest BCUT2D eigenvalue weighted by Crippen LogP contribution is 2.49. The van der Waals surface area contributed by atoms with Gasteiger partial charge in [0, 0.05) is 6.04 Å². The van der Waals surface area contributed by atoms with Crippen LogP contribution in [0.5, 0.6) is 0 Å². The minimum Gasteiger partial charge on any atom is -0.368 e. The number of rotatable bonds is 4. The van der Waals surface area contributed by atoms with E-state index < -0.39 is 26.6 Å². The summed E-state index contributed by atoms with van der Waals surface area (Å²) in [5.74, 6) is -0.871. The van der Waals surface area contributed by atoms with E-state index in [1.807, 2.05) is 0 Å². The zero-order valence-corrected chi connectivity index (χ0v) is 9.34. The quantitative estimate of drug-likeness (QED) is 0.651. The Morgan fingerprint density at radius 2 is 2.20 bits per heavy atom. The summed E-state index contributed by atoms with van der Waals surface area (Å²) < 4.78 is 25.6. The number of carbonyl (C=O) groups is 1. The third-order valence-electron chi connectivity index (χ3n) is 2.31. The van der Waals surface area contributed by atoms with Crippen LogP contribution in [0.2, 0.25) is 0 Å². The highest BCUT2D eigenvalue weighted by Gasteiger charge is 2.66. The molecule has 0 bridgehead atoms. The topological polar surface area (TPSA) is 113 Å². The molecule has 0 aromatic heterocycles. The second-order valence-electron chi connectivity index (χ2n) is 3.96. The van der Waals surface area contributed by atoms with Crippen molar-refractivity contribution in [1.82, 2.24) is 4.72 Å². The molecule has 15 heavy (non-hydrogen) atoms. The lowest BCUT2D eigenvalue weighted by Crippen LogP contribution is -2.38. The van der Waals surface area contributed by atoms with Gasteiger partial charge in [-0.1, -0.05) is 0 Å². The van der Waals surface area contributed by atoms with E-state index in [0.717, 1.165) is 0 Å². The van der Waals surface area contributed by atoms with Crippen LogP contribution in [0.4, 0.5) is 0 Å². The van der Waals surface area contributed by atoms with E-state index in [9.17, 15) is 13.2 Å². The molecule has 1 rings (SSSR count). The Balaban J connectivity index is 2.89. The SMILES string of the molecule is CC(C)NS(=O)(=O)[C@@H]1C[C@@]1(C#N)C(N)=O. The number of sulfonamides is 1.